The Bertz CT molecular complexity index is 620. The molecule has 0 aliphatic carbocycles. The van der Waals surface area contributed by atoms with Crippen LogP contribution >= 0.6 is 0 Å². The summed E-state index contributed by atoms with van der Waals surface area (Å²) in [4.78, 5) is 26.9. The number of likely N-dealkylation sites (tertiary alicyclic amines) is 1. The maximum absolute atomic E-state index is 12.5. The average Bonchev–Trinajstić information content (AvgIpc) is 2.68. The number of amides is 2. The van der Waals surface area contributed by atoms with E-state index in [2.05, 4.69) is 19.2 Å². The summed E-state index contributed by atoms with van der Waals surface area (Å²) in [7, 11) is 3.11. The quantitative estimate of drug-likeness (QED) is 0.810. The van der Waals surface area contributed by atoms with Crippen molar-refractivity contribution in [2.45, 2.75) is 45.6 Å². The highest BCUT2D eigenvalue weighted by molar-refractivity contribution is 5.95. The van der Waals surface area contributed by atoms with Crippen molar-refractivity contribution < 1.29 is 19.1 Å². The summed E-state index contributed by atoms with van der Waals surface area (Å²) in [6.07, 6.45) is 3.33. The lowest BCUT2D eigenvalue weighted by Crippen LogP contribution is -2.48. The molecule has 1 N–H and O–H groups in total. The molecule has 1 fully saturated rings. The minimum absolute atomic E-state index is 0.0846. The number of hydrogen-bond donors (Lipinski definition) is 1. The van der Waals surface area contributed by atoms with E-state index in [9.17, 15) is 9.59 Å². The van der Waals surface area contributed by atoms with Crippen LogP contribution in [0.15, 0.2) is 18.2 Å². The third-order valence-electron chi connectivity index (χ3n) is 5.12. The zero-order valence-electron chi connectivity index (χ0n) is 16.2. The first-order valence-corrected chi connectivity index (χ1v) is 9.35. The molecule has 0 aromatic heterocycles. The number of carbonyl (C=O) groups is 2. The summed E-state index contributed by atoms with van der Waals surface area (Å²) in [6, 6.07) is 5.22. The molecule has 0 bridgehead atoms. The van der Waals surface area contributed by atoms with Gasteiger partial charge in [0, 0.05) is 30.6 Å². The Kier molecular flexibility index (Phi) is 7.30. The predicted molar refractivity (Wildman–Crippen MR) is 101 cm³/mol. The van der Waals surface area contributed by atoms with Gasteiger partial charge in [-0.2, -0.15) is 0 Å². The third-order valence-corrected chi connectivity index (χ3v) is 5.12. The first-order valence-electron chi connectivity index (χ1n) is 9.35. The molecule has 1 aromatic carbocycles. The number of ether oxygens (including phenoxy) is 2. The smallest absolute Gasteiger partial charge is 0.251 e. The van der Waals surface area contributed by atoms with Crippen molar-refractivity contribution in [3.05, 3.63) is 23.8 Å². The Labute approximate surface area is 155 Å². The van der Waals surface area contributed by atoms with Gasteiger partial charge in [0.05, 0.1) is 14.2 Å². The molecule has 0 spiro atoms. The standard InChI is InChI=1S/C20H30N2O4/c1-5-14(6-2)20(24)22-11-9-16(10-12-22)21-19(23)15-7-8-17(25-3)18(13-15)26-4/h7-8,13-14,16H,5-6,9-12H2,1-4H3,(H,21,23). The molecule has 2 amide bonds. The fourth-order valence-electron chi connectivity index (χ4n) is 3.39. The molecule has 1 heterocycles. The summed E-state index contributed by atoms with van der Waals surface area (Å²) in [5, 5.41) is 3.07. The van der Waals surface area contributed by atoms with Crippen LogP contribution < -0.4 is 14.8 Å². The van der Waals surface area contributed by atoms with Crippen molar-refractivity contribution in [2.75, 3.05) is 27.3 Å². The second-order valence-corrected chi connectivity index (χ2v) is 6.66. The number of benzene rings is 1. The van der Waals surface area contributed by atoms with Gasteiger partial charge in [-0.05, 0) is 43.9 Å². The van der Waals surface area contributed by atoms with Gasteiger partial charge in [-0.3, -0.25) is 9.59 Å². The van der Waals surface area contributed by atoms with Crippen LogP contribution in [0.4, 0.5) is 0 Å². The van der Waals surface area contributed by atoms with Crippen molar-refractivity contribution in [1.29, 1.82) is 0 Å². The van der Waals surface area contributed by atoms with E-state index in [0.29, 0.717) is 30.2 Å². The molecular weight excluding hydrogens is 332 g/mol. The first-order chi connectivity index (χ1) is 12.5. The Morgan fingerprint density at radius 3 is 2.27 bits per heavy atom. The van der Waals surface area contributed by atoms with E-state index in [1.165, 1.54) is 0 Å². The fraction of sp³-hybridized carbons (Fsp3) is 0.600. The molecule has 0 unspecified atom stereocenters. The van der Waals surface area contributed by atoms with Crippen molar-refractivity contribution in [1.82, 2.24) is 10.2 Å². The third kappa shape index (κ3) is 4.68. The zero-order valence-corrected chi connectivity index (χ0v) is 16.2. The largest absolute Gasteiger partial charge is 0.493 e. The number of methoxy groups -OCH3 is 2. The van der Waals surface area contributed by atoms with E-state index < -0.39 is 0 Å². The molecule has 1 aliphatic heterocycles. The highest BCUT2D eigenvalue weighted by Crippen LogP contribution is 2.27. The summed E-state index contributed by atoms with van der Waals surface area (Å²) in [5.41, 5.74) is 0.540. The summed E-state index contributed by atoms with van der Waals surface area (Å²) in [5.74, 6) is 1.37. The van der Waals surface area contributed by atoms with Crippen LogP contribution in [0.3, 0.4) is 0 Å². The van der Waals surface area contributed by atoms with Crippen LogP contribution in [-0.2, 0) is 4.79 Å². The van der Waals surface area contributed by atoms with Crippen LogP contribution in [0.1, 0.15) is 49.9 Å². The lowest BCUT2D eigenvalue weighted by atomic mass is 9.98. The molecule has 2 rings (SSSR count). The van der Waals surface area contributed by atoms with Crippen molar-refractivity contribution in [2.24, 2.45) is 5.92 Å². The minimum Gasteiger partial charge on any atom is -0.493 e. The number of nitrogens with zero attached hydrogens (tertiary/aromatic N) is 1. The Morgan fingerprint density at radius 2 is 1.73 bits per heavy atom. The minimum atomic E-state index is -0.129. The summed E-state index contributed by atoms with van der Waals surface area (Å²) in [6.45, 7) is 5.52. The van der Waals surface area contributed by atoms with E-state index in [1.807, 2.05) is 4.90 Å². The van der Waals surface area contributed by atoms with Crippen molar-refractivity contribution in [3.63, 3.8) is 0 Å². The molecule has 144 valence electrons. The van der Waals surface area contributed by atoms with Gasteiger partial charge < -0.3 is 19.7 Å². The number of hydrogen-bond acceptors (Lipinski definition) is 4. The van der Waals surface area contributed by atoms with Gasteiger partial charge in [0.15, 0.2) is 11.5 Å². The fourth-order valence-corrected chi connectivity index (χ4v) is 3.39. The van der Waals surface area contributed by atoms with Crippen LogP contribution in [0.2, 0.25) is 0 Å². The molecule has 6 nitrogen and oxygen atoms in total. The topological polar surface area (TPSA) is 67.9 Å². The Hall–Kier alpha value is -2.24. The second kappa shape index (κ2) is 9.46. The number of rotatable bonds is 7. The number of piperidine rings is 1. The Morgan fingerprint density at radius 1 is 1.12 bits per heavy atom. The summed E-state index contributed by atoms with van der Waals surface area (Å²) >= 11 is 0. The Balaban J connectivity index is 1.91. The van der Waals surface area contributed by atoms with Crippen molar-refractivity contribution in [3.8, 4) is 11.5 Å². The normalized spacial score (nSPS) is 15.0. The number of carbonyl (C=O) groups excluding carboxylic acids is 2. The SMILES string of the molecule is CCC(CC)C(=O)N1CCC(NC(=O)c2ccc(OC)c(OC)c2)CC1. The van der Waals surface area contributed by atoms with Gasteiger partial charge in [0.1, 0.15) is 0 Å². The van der Waals surface area contributed by atoms with Crippen molar-refractivity contribution >= 4 is 11.8 Å². The van der Waals surface area contributed by atoms with Crippen LogP contribution in [-0.4, -0.2) is 50.1 Å². The van der Waals surface area contributed by atoms with E-state index >= 15 is 0 Å². The molecule has 1 saturated heterocycles. The maximum atomic E-state index is 12.5. The highest BCUT2D eigenvalue weighted by atomic mass is 16.5. The van der Waals surface area contributed by atoms with Gasteiger partial charge in [0.25, 0.3) is 5.91 Å². The van der Waals surface area contributed by atoms with E-state index in [-0.39, 0.29) is 23.8 Å². The van der Waals surface area contributed by atoms with E-state index in [4.69, 9.17) is 9.47 Å². The highest BCUT2D eigenvalue weighted by Gasteiger charge is 2.27. The van der Waals surface area contributed by atoms with E-state index in [0.717, 1.165) is 25.7 Å². The van der Waals surface area contributed by atoms with Crippen LogP contribution in [0.5, 0.6) is 11.5 Å². The molecular formula is C20H30N2O4. The van der Waals surface area contributed by atoms with Gasteiger partial charge in [-0.15, -0.1) is 0 Å². The second-order valence-electron chi connectivity index (χ2n) is 6.66. The maximum Gasteiger partial charge on any atom is 0.251 e. The van der Waals surface area contributed by atoms with Crippen LogP contribution in [0, 0.1) is 5.92 Å². The monoisotopic (exact) mass is 362 g/mol. The molecule has 0 saturated carbocycles. The number of nitrogens with one attached hydrogen (secondary N) is 1. The molecule has 0 atom stereocenters. The summed E-state index contributed by atoms with van der Waals surface area (Å²) < 4.78 is 10.5. The van der Waals surface area contributed by atoms with Gasteiger partial charge in [-0.1, -0.05) is 13.8 Å². The molecule has 26 heavy (non-hydrogen) atoms. The first kappa shape index (κ1) is 20.1. The molecule has 1 aromatic rings. The van der Waals surface area contributed by atoms with Gasteiger partial charge in [0.2, 0.25) is 5.91 Å². The van der Waals surface area contributed by atoms with E-state index in [1.54, 1.807) is 32.4 Å². The zero-order chi connectivity index (χ0) is 19.1. The predicted octanol–water partition coefficient (Wildman–Crippen LogP) is 2.86. The lowest BCUT2D eigenvalue weighted by molar-refractivity contribution is -0.136. The van der Waals surface area contributed by atoms with Crippen LogP contribution in [0.25, 0.3) is 0 Å². The molecule has 0 radical (unpaired) electrons. The molecule has 1 aliphatic rings. The van der Waals surface area contributed by atoms with Gasteiger partial charge >= 0.3 is 0 Å². The van der Waals surface area contributed by atoms with Gasteiger partial charge in [-0.25, -0.2) is 0 Å². The lowest BCUT2D eigenvalue weighted by Gasteiger charge is -2.34. The molecule has 6 heteroatoms. The average molecular weight is 362 g/mol.